The van der Waals surface area contributed by atoms with E-state index in [0.29, 0.717) is 0 Å². The molecule has 1 fully saturated rings. The Morgan fingerprint density at radius 1 is 1.73 bits per heavy atom. The lowest BCUT2D eigenvalue weighted by atomic mass is 10.1. The summed E-state index contributed by atoms with van der Waals surface area (Å²) in [5, 5.41) is 5.26. The van der Waals surface area contributed by atoms with Gasteiger partial charge in [-0.15, -0.1) is 11.3 Å². The molecule has 1 saturated carbocycles. The average molecular weight is 224 g/mol. The molecular weight excluding hydrogens is 208 g/mol. The van der Waals surface area contributed by atoms with E-state index in [4.69, 9.17) is 5.73 Å². The van der Waals surface area contributed by atoms with Crippen LogP contribution in [-0.2, 0) is 4.79 Å². The van der Waals surface area contributed by atoms with Gasteiger partial charge in [0.25, 0.3) is 0 Å². The van der Waals surface area contributed by atoms with Crippen LogP contribution in [0, 0.1) is 12.8 Å². The van der Waals surface area contributed by atoms with Gasteiger partial charge in [0.2, 0.25) is 5.91 Å². The Morgan fingerprint density at radius 2 is 2.47 bits per heavy atom. The monoisotopic (exact) mass is 224 g/mol. The van der Waals surface area contributed by atoms with E-state index in [1.54, 1.807) is 11.3 Å². The second-order valence-electron chi connectivity index (χ2n) is 4.15. The van der Waals surface area contributed by atoms with Crippen molar-refractivity contribution in [2.45, 2.75) is 25.8 Å². The van der Waals surface area contributed by atoms with Crippen LogP contribution in [0.2, 0.25) is 0 Å². The van der Waals surface area contributed by atoms with Gasteiger partial charge in [0.1, 0.15) is 6.04 Å². The lowest BCUT2D eigenvalue weighted by molar-refractivity contribution is -0.120. The Bertz CT molecular complexity index is 357. The molecule has 1 aliphatic rings. The number of hydrogen-bond donors (Lipinski definition) is 2. The Morgan fingerprint density at radius 3 is 2.93 bits per heavy atom. The van der Waals surface area contributed by atoms with Crippen LogP contribution in [0.25, 0.3) is 0 Å². The first kappa shape index (κ1) is 10.6. The third kappa shape index (κ3) is 2.58. The van der Waals surface area contributed by atoms with Gasteiger partial charge >= 0.3 is 0 Å². The summed E-state index contributed by atoms with van der Waals surface area (Å²) in [6.45, 7) is 2.92. The molecule has 1 amide bonds. The number of thiophene rings is 1. The zero-order valence-corrected chi connectivity index (χ0v) is 9.64. The standard InChI is InChI=1S/C11H16N2OS/c1-7-4-5-15-10(7)9(11(12)14)13-6-8-2-3-8/h4-5,8-9,13H,2-3,6H2,1H3,(H2,12,14). The van der Waals surface area contributed by atoms with Crippen molar-refractivity contribution >= 4 is 17.2 Å². The molecule has 0 saturated heterocycles. The molecule has 1 atom stereocenters. The van der Waals surface area contributed by atoms with Crippen LogP contribution in [0.15, 0.2) is 11.4 Å². The summed E-state index contributed by atoms with van der Waals surface area (Å²) in [6.07, 6.45) is 2.56. The van der Waals surface area contributed by atoms with Crippen LogP contribution >= 0.6 is 11.3 Å². The molecule has 1 aromatic rings. The van der Waals surface area contributed by atoms with Crippen molar-refractivity contribution in [3.8, 4) is 0 Å². The van der Waals surface area contributed by atoms with Crippen molar-refractivity contribution in [2.24, 2.45) is 11.7 Å². The van der Waals surface area contributed by atoms with Crippen LogP contribution < -0.4 is 11.1 Å². The van der Waals surface area contributed by atoms with E-state index in [0.717, 1.165) is 22.9 Å². The lowest BCUT2D eigenvalue weighted by Crippen LogP contribution is -2.34. The van der Waals surface area contributed by atoms with Crippen LogP contribution in [0.3, 0.4) is 0 Å². The molecule has 0 aromatic carbocycles. The molecule has 1 heterocycles. The minimum Gasteiger partial charge on any atom is -0.368 e. The largest absolute Gasteiger partial charge is 0.368 e. The number of primary amides is 1. The fourth-order valence-electron chi connectivity index (χ4n) is 1.61. The summed E-state index contributed by atoms with van der Waals surface area (Å²) >= 11 is 1.59. The SMILES string of the molecule is Cc1ccsc1C(NCC1CC1)C(N)=O. The summed E-state index contributed by atoms with van der Waals surface area (Å²) < 4.78 is 0. The van der Waals surface area contributed by atoms with E-state index in [9.17, 15) is 4.79 Å². The predicted molar refractivity (Wildman–Crippen MR) is 61.7 cm³/mol. The molecule has 0 radical (unpaired) electrons. The Hall–Kier alpha value is -0.870. The third-order valence-corrected chi connectivity index (χ3v) is 3.84. The highest BCUT2D eigenvalue weighted by molar-refractivity contribution is 7.10. The van der Waals surface area contributed by atoms with Crippen LogP contribution in [-0.4, -0.2) is 12.5 Å². The zero-order valence-electron chi connectivity index (χ0n) is 8.82. The molecule has 4 heteroatoms. The molecule has 0 aliphatic heterocycles. The zero-order chi connectivity index (χ0) is 10.8. The molecule has 3 nitrogen and oxygen atoms in total. The second-order valence-corrected chi connectivity index (χ2v) is 5.10. The molecule has 82 valence electrons. The van der Waals surface area contributed by atoms with Gasteiger partial charge < -0.3 is 11.1 Å². The molecule has 0 spiro atoms. The number of nitrogens with one attached hydrogen (secondary N) is 1. The van der Waals surface area contributed by atoms with Gasteiger partial charge in [-0.05, 0) is 49.2 Å². The third-order valence-electron chi connectivity index (χ3n) is 2.76. The molecule has 1 aromatic heterocycles. The van der Waals surface area contributed by atoms with Crippen LogP contribution in [0.5, 0.6) is 0 Å². The van der Waals surface area contributed by atoms with Crippen molar-refractivity contribution in [2.75, 3.05) is 6.54 Å². The topological polar surface area (TPSA) is 55.1 Å². The van der Waals surface area contributed by atoms with Crippen molar-refractivity contribution < 1.29 is 4.79 Å². The van der Waals surface area contributed by atoms with E-state index >= 15 is 0 Å². The van der Waals surface area contributed by atoms with E-state index in [-0.39, 0.29) is 11.9 Å². The fourth-order valence-corrected chi connectivity index (χ4v) is 2.62. The highest BCUT2D eigenvalue weighted by Gasteiger charge is 2.26. The molecule has 1 aliphatic carbocycles. The second kappa shape index (κ2) is 4.33. The highest BCUT2D eigenvalue weighted by atomic mass is 32.1. The quantitative estimate of drug-likeness (QED) is 0.798. The molecule has 15 heavy (non-hydrogen) atoms. The molecule has 0 bridgehead atoms. The molecular formula is C11H16N2OS. The van der Waals surface area contributed by atoms with E-state index in [1.807, 2.05) is 18.4 Å². The van der Waals surface area contributed by atoms with Crippen LogP contribution in [0.1, 0.15) is 29.3 Å². The van der Waals surface area contributed by atoms with Crippen LogP contribution in [0.4, 0.5) is 0 Å². The number of nitrogens with two attached hydrogens (primary N) is 1. The first-order valence-corrected chi connectivity index (χ1v) is 6.13. The van der Waals surface area contributed by atoms with Crippen molar-refractivity contribution in [1.29, 1.82) is 0 Å². The Labute approximate surface area is 93.7 Å². The van der Waals surface area contributed by atoms with Crippen molar-refractivity contribution in [1.82, 2.24) is 5.32 Å². The summed E-state index contributed by atoms with van der Waals surface area (Å²) in [5.41, 5.74) is 6.55. The summed E-state index contributed by atoms with van der Waals surface area (Å²) in [6, 6.07) is 1.72. The normalized spacial score (nSPS) is 17.7. The summed E-state index contributed by atoms with van der Waals surface area (Å²) in [4.78, 5) is 12.4. The van der Waals surface area contributed by atoms with Crippen molar-refractivity contribution in [3.05, 3.63) is 21.9 Å². The molecule has 1 unspecified atom stereocenters. The van der Waals surface area contributed by atoms with Gasteiger partial charge in [0, 0.05) is 4.88 Å². The van der Waals surface area contributed by atoms with Gasteiger partial charge in [-0.1, -0.05) is 0 Å². The van der Waals surface area contributed by atoms with E-state index < -0.39 is 0 Å². The number of carbonyl (C=O) groups is 1. The highest BCUT2D eigenvalue weighted by Crippen LogP contribution is 2.30. The number of carbonyl (C=O) groups excluding carboxylic acids is 1. The number of rotatable bonds is 5. The number of hydrogen-bond acceptors (Lipinski definition) is 3. The maximum absolute atomic E-state index is 11.3. The van der Waals surface area contributed by atoms with Gasteiger partial charge in [-0.2, -0.15) is 0 Å². The average Bonchev–Trinajstić information content (AvgIpc) is 2.91. The summed E-state index contributed by atoms with van der Waals surface area (Å²) in [5.74, 6) is 0.480. The number of aryl methyl sites for hydroxylation is 1. The van der Waals surface area contributed by atoms with E-state index in [2.05, 4.69) is 5.32 Å². The van der Waals surface area contributed by atoms with Gasteiger partial charge in [-0.3, -0.25) is 4.79 Å². The maximum Gasteiger partial charge on any atom is 0.240 e. The summed E-state index contributed by atoms with van der Waals surface area (Å²) in [7, 11) is 0. The van der Waals surface area contributed by atoms with E-state index in [1.165, 1.54) is 12.8 Å². The Kier molecular flexibility index (Phi) is 3.07. The maximum atomic E-state index is 11.3. The minimum atomic E-state index is -0.300. The molecule has 3 N–H and O–H groups in total. The smallest absolute Gasteiger partial charge is 0.240 e. The van der Waals surface area contributed by atoms with Gasteiger partial charge in [0.05, 0.1) is 0 Å². The molecule has 2 rings (SSSR count). The van der Waals surface area contributed by atoms with Gasteiger partial charge in [0.15, 0.2) is 0 Å². The first-order valence-electron chi connectivity index (χ1n) is 5.25. The minimum absolute atomic E-state index is 0.277. The predicted octanol–water partition coefficient (Wildman–Crippen LogP) is 1.58. The van der Waals surface area contributed by atoms with Gasteiger partial charge in [-0.25, -0.2) is 0 Å². The first-order chi connectivity index (χ1) is 7.18. The van der Waals surface area contributed by atoms with Crippen molar-refractivity contribution in [3.63, 3.8) is 0 Å². The fraction of sp³-hybridized carbons (Fsp3) is 0.545. The lowest BCUT2D eigenvalue weighted by Gasteiger charge is -2.14. The Balaban J connectivity index is 2.04. The number of amides is 1.